The maximum atomic E-state index is 5.45. The molecule has 0 N–H and O–H groups in total. The zero-order valence-corrected chi connectivity index (χ0v) is 5.48. The van der Waals surface area contributed by atoms with Crippen LogP contribution >= 0.6 is 0 Å². The van der Waals surface area contributed by atoms with Crippen LogP contribution in [0.4, 0.5) is 0 Å². The molecule has 0 bridgehead atoms. The van der Waals surface area contributed by atoms with Gasteiger partial charge in [0.1, 0.15) is 0 Å². The van der Waals surface area contributed by atoms with E-state index in [-0.39, 0.29) is 0 Å². The lowest BCUT2D eigenvalue weighted by atomic mass is 10.00. The molecule has 46 valence electrons. The second kappa shape index (κ2) is 1.10. The maximum absolute atomic E-state index is 5.45. The average molecular weight is 112 g/mol. The van der Waals surface area contributed by atoms with Crippen LogP contribution < -0.4 is 0 Å². The summed E-state index contributed by atoms with van der Waals surface area (Å²) >= 11 is 0. The number of hydrogen-bond donors (Lipinski definition) is 0. The molecular formula is C7H12O. The van der Waals surface area contributed by atoms with E-state index in [0.29, 0.717) is 11.7 Å². The van der Waals surface area contributed by atoms with Gasteiger partial charge in [-0.1, -0.05) is 6.92 Å². The fraction of sp³-hybridized carbons (Fsp3) is 1.00. The van der Waals surface area contributed by atoms with Crippen LogP contribution in [-0.4, -0.2) is 11.7 Å². The lowest BCUT2D eigenvalue weighted by Gasteiger charge is -2.07. The Kier molecular flexibility index (Phi) is 0.663. The molecule has 3 atom stereocenters. The van der Waals surface area contributed by atoms with Crippen molar-refractivity contribution in [2.45, 2.75) is 38.4 Å². The molecule has 1 saturated carbocycles. The molecule has 2 aliphatic rings. The average Bonchev–Trinajstić information content (AvgIpc) is 2.31. The predicted molar refractivity (Wildman–Crippen MR) is 31.7 cm³/mol. The molecule has 0 aromatic rings. The number of rotatable bonds is 0. The molecule has 1 aliphatic heterocycles. The molecule has 2 fully saturated rings. The van der Waals surface area contributed by atoms with Crippen LogP contribution in [0.15, 0.2) is 0 Å². The molecule has 0 spiro atoms. The SMILES string of the molecule is CC1CCC2OC12C. The molecule has 1 heteroatoms. The molecule has 8 heavy (non-hydrogen) atoms. The first-order valence-corrected chi connectivity index (χ1v) is 3.41. The summed E-state index contributed by atoms with van der Waals surface area (Å²) in [5, 5.41) is 0. The summed E-state index contributed by atoms with van der Waals surface area (Å²) in [6.07, 6.45) is 3.32. The van der Waals surface area contributed by atoms with E-state index in [9.17, 15) is 0 Å². The van der Waals surface area contributed by atoms with Crippen molar-refractivity contribution in [3.63, 3.8) is 0 Å². The van der Waals surface area contributed by atoms with Crippen molar-refractivity contribution in [3.8, 4) is 0 Å². The standard InChI is InChI=1S/C7H12O/c1-5-3-4-6-7(5,2)8-6/h5-6H,3-4H2,1-2H3. The Bertz CT molecular complexity index is 120. The molecule has 1 heterocycles. The summed E-state index contributed by atoms with van der Waals surface area (Å²) in [4.78, 5) is 0. The highest BCUT2D eigenvalue weighted by atomic mass is 16.6. The van der Waals surface area contributed by atoms with Crippen molar-refractivity contribution in [1.29, 1.82) is 0 Å². The highest BCUT2D eigenvalue weighted by Crippen LogP contribution is 2.52. The molecule has 1 saturated heterocycles. The van der Waals surface area contributed by atoms with Gasteiger partial charge in [0.2, 0.25) is 0 Å². The van der Waals surface area contributed by atoms with Gasteiger partial charge < -0.3 is 4.74 Å². The summed E-state index contributed by atoms with van der Waals surface area (Å²) in [6.45, 7) is 4.52. The fourth-order valence-electron chi connectivity index (χ4n) is 1.74. The molecule has 0 aromatic heterocycles. The Morgan fingerprint density at radius 1 is 1.50 bits per heavy atom. The molecule has 1 aliphatic carbocycles. The van der Waals surface area contributed by atoms with Crippen LogP contribution in [0.2, 0.25) is 0 Å². The molecule has 2 rings (SSSR count). The van der Waals surface area contributed by atoms with Gasteiger partial charge >= 0.3 is 0 Å². The molecule has 1 nitrogen and oxygen atoms in total. The normalized spacial score (nSPS) is 60.8. The van der Waals surface area contributed by atoms with E-state index in [1.165, 1.54) is 12.8 Å². The number of ether oxygens (including phenoxy) is 1. The lowest BCUT2D eigenvalue weighted by Crippen LogP contribution is -2.12. The summed E-state index contributed by atoms with van der Waals surface area (Å²) in [7, 11) is 0. The highest BCUT2D eigenvalue weighted by molar-refractivity contribution is 5.07. The van der Waals surface area contributed by atoms with Gasteiger partial charge in [0.05, 0.1) is 11.7 Å². The highest BCUT2D eigenvalue weighted by Gasteiger charge is 2.59. The van der Waals surface area contributed by atoms with Crippen LogP contribution in [0, 0.1) is 5.92 Å². The van der Waals surface area contributed by atoms with Gasteiger partial charge in [-0.15, -0.1) is 0 Å². The Balaban J connectivity index is 2.19. The van der Waals surface area contributed by atoms with Crippen LogP contribution in [0.5, 0.6) is 0 Å². The Morgan fingerprint density at radius 2 is 2.25 bits per heavy atom. The second-order valence-corrected chi connectivity index (χ2v) is 3.27. The van der Waals surface area contributed by atoms with Crippen LogP contribution in [-0.2, 0) is 4.74 Å². The molecule has 0 amide bonds. The zero-order chi connectivity index (χ0) is 5.78. The van der Waals surface area contributed by atoms with Crippen molar-refractivity contribution in [2.24, 2.45) is 5.92 Å². The minimum atomic E-state index is 0.319. The van der Waals surface area contributed by atoms with Gasteiger partial charge in [-0.3, -0.25) is 0 Å². The monoisotopic (exact) mass is 112 g/mol. The van der Waals surface area contributed by atoms with Crippen molar-refractivity contribution >= 4 is 0 Å². The third-order valence-corrected chi connectivity index (χ3v) is 2.82. The summed E-state index contributed by atoms with van der Waals surface area (Å²) < 4.78 is 5.45. The van der Waals surface area contributed by atoms with Crippen molar-refractivity contribution in [2.75, 3.05) is 0 Å². The minimum absolute atomic E-state index is 0.319. The second-order valence-electron chi connectivity index (χ2n) is 3.27. The first-order chi connectivity index (χ1) is 3.73. The predicted octanol–water partition coefficient (Wildman–Crippen LogP) is 1.57. The Hall–Kier alpha value is -0.0400. The fourth-order valence-corrected chi connectivity index (χ4v) is 1.74. The molecular weight excluding hydrogens is 100 g/mol. The third kappa shape index (κ3) is 0.368. The van der Waals surface area contributed by atoms with E-state index in [1.807, 2.05) is 0 Å². The molecule has 0 aromatic carbocycles. The van der Waals surface area contributed by atoms with Gasteiger partial charge in [0.15, 0.2) is 0 Å². The number of fused-ring (bicyclic) bond motifs is 1. The minimum Gasteiger partial charge on any atom is -0.366 e. The first kappa shape index (κ1) is 4.80. The zero-order valence-electron chi connectivity index (χ0n) is 5.48. The van der Waals surface area contributed by atoms with Crippen molar-refractivity contribution in [1.82, 2.24) is 0 Å². The van der Waals surface area contributed by atoms with Gasteiger partial charge in [0.25, 0.3) is 0 Å². The number of hydrogen-bond acceptors (Lipinski definition) is 1. The van der Waals surface area contributed by atoms with E-state index < -0.39 is 0 Å². The summed E-state index contributed by atoms with van der Waals surface area (Å²) in [6, 6.07) is 0. The largest absolute Gasteiger partial charge is 0.366 e. The Morgan fingerprint density at radius 3 is 2.38 bits per heavy atom. The van der Waals surface area contributed by atoms with Crippen LogP contribution in [0.1, 0.15) is 26.7 Å². The van der Waals surface area contributed by atoms with E-state index in [0.717, 1.165) is 5.92 Å². The smallest absolute Gasteiger partial charge is 0.0945 e. The lowest BCUT2D eigenvalue weighted by molar-refractivity contribution is 0.211. The third-order valence-electron chi connectivity index (χ3n) is 2.82. The van der Waals surface area contributed by atoms with Gasteiger partial charge in [-0.2, -0.15) is 0 Å². The van der Waals surface area contributed by atoms with E-state index in [1.54, 1.807) is 0 Å². The molecule has 0 radical (unpaired) electrons. The van der Waals surface area contributed by atoms with E-state index >= 15 is 0 Å². The first-order valence-electron chi connectivity index (χ1n) is 3.41. The topological polar surface area (TPSA) is 12.5 Å². The van der Waals surface area contributed by atoms with E-state index in [4.69, 9.17) is 4.74 Å². The summed E-state index contributed by atoms with van der Waals surface area (Å²) in [5.41, 5.74) is 0.319. The molecule has 3 unspecified atom stereocenters. The van der Waals surface area contributed by atoms with Gasteiger partial charge in [-0.05, 0) is 25.7 Å². The van der Waals surface area contributed by atoms with Crippen molar-refractivity contribution in [3.05, 3.63) is 0 Å². The number of epoxide rings is 1. The van der Waals surface area contributed by atoms with Crippen molar-refractivity contribution < 1.29 is 4.74 Å². The maximum Gasteiger partial charge on any atom is 0.0945 e. The van der Waals surface area contributed by atoms with Crippen LogP contribution in [0.25, 0.3) is 0 Å². The van der Waals surface area contributed by atoms with E-state index in [2.05, 4.69) is 13.8 Å². The quantitative estimate of drug-likeness (QED) is 0.433. The van der Waals surface area contributed by atoms with Gasteiger partial charge in [0, 0.05) is 0 Å². The van der Waals surface area contributed by atoms with Crippen LogP contribution in [0.3, 0.4) is 0 Å². The summed E-state index contributed by atoms with van der Waals surface area (Å²) in [5.74, 6) is 0.812. The Labute approximate surface area is 50.0 Å². The van der Waals surface area contributed by atoms with Gasteiger partial charge in [-0.25, -0.2) is 0 Å².